The molecule has 2 aromatic carbocycles. The second-order valence-corrected chi connectivity index (χ2v) is 5.69. The third-order valence-electron chi connectivity index (χ3n) is 3.27. The molecule has 6 heteroatoms. The third-order valence-corrected chi connectivity index (χ3v) is 3.76. The van der Waals surface area contributed by atoms with Gasteiger partial charge in [-0.3, -0.25) is 9.59 Å². The van der Waals surface area contributed by atoms with Crippen LogP contribution in [0.25, 0.3) is 10.9 Å². The molecule has 110 valence electrons. The van der Waals surface area contributed by atoms with Crippen molar-refractivity contribution in [2.45, 2.75) is 0 Å². The molecule has 5 nitrogen and oxygen atoms in total. The lowest BCUT2D eigenvalue weighted by molar-refractivity contribution is 0.100. The molecular weight excluding hydrogens is 346 g/mol. The van der Waals surface area contributed by atoms with Crippen molar-refractivity contribution in [2.75, 3.05) is 5.32 Å². The summed E-state index contributed by atoms with van der Waals surface area (Å²) in [4.78, 5) is 26.8. The quantitative estimate of drug-likeness (QED) is 0.671. The molecule has 0 spiro atoms. The van der Waals surface area contributed by atoms with E-state index < -0.39 is 5.91 Å². The van der Waals surface area contributed by atoms with Gasteiger partial charge in [-0.25, -0.2) is 0 Å². The first-order valence-electron chi connectivity index (χ1n) is 6.53. The Morgan fingerprint density at radius 1 is 1.09 bits per heavy atom. The standard InChI is InChI=1S/C16H12BrN3O2/c17-10-6-5-9-7-14(19-13(9)8-10)16(22)20-12-4-2-1-3-11(12)15(18)21/h1-8,19H,(H2,18,21)(H,20,22). The van der Waals surface area contributed by atoms with Crippen molar-refractivity contribution in [1.82, 2.24) is 4.98 Å². The first kappa shape index (κ1) is 14.3. The highest BCUT2D eigenvalue weighted by Gasteiger charge is 2.13. The lowest BCUT2D eigenvalue weighted by Crippen LogP contribution is -2.18. The molecule has 0 saturated carbocycles. The van der Waals surface area contributed by atoms with Crippen LogP contribution in [0.15, 0.2) is 53.0 Å². The molecule has 0 aliphatic heterocycles. The van der Waals surface area contributed by atoms with E-state index in [-0.39, 0.29) is 11.5 Å². The molecule has 4 N–H and O–H groups in total. The van der Waals surface area contributed by atoms with Gasteiger partial charge in [-0.15, -0.1) is 0 Å². The van der Waals surface area contributed by atoms with Gasteiger partial charge in [0, 0.05) is 15.4 Å². The van der Waals surface area contributed by atoms with Crippen molar-refractivity contribution in [3.8, 4) is 0 Å². The van der Waals surface area contributed by atoms with Crippen LogP contribution in [0.4, 0.5) is 5.69 Å². The minimum absolute atomic E-state index is 0.273. The Morgan fingerprint density at radius 3 is 2.64 bits per heavy atom. The van der Waals surface area contributed by atoms with Crippen molar-refractivity contribution >= 4 is 44.3 Å². The van der Waals surface area contributed by atoms with Gasteiger partial charge in [0.25, 0.3) is 11.8 Å². The Balaban J connectivity index is 1.92. The van der Waals surface area contributed by atoms with Gasteiger partial charge in [0.2, 0.25) is 0 Å². The second-order valence-electron chi connectivity index (χ2n) is 4.78. The number of hydrogen-bond donors (Lipinski definition) is 3. The van der Waals surface area contributed by atoms with Crippen LogP contribution >= 0.6 is 15.9 Å². The van der Waals surface area contributed by atoms with Crippen LogP contribution in [0.2, 0.25) is 0 Å². The van der Waals surface area contributed by atoms with E-state index in [1.165, 1.54) is 0 Å². The van der Waals surface area contributed by atoms with Crippen LogP contribution in [0.1, 0.15) is 20.8 Å². The molecule has 0 saturated heterocycles. The number of anilines is 1. The summed E-state index contributed by atoms with van der Waals surface area (Å²) in [5, 5.41) is 3.63. The maximum Gasteiger partial charge on any atom is 0.272 e. The molecule has 0 bridgehead atoms. The summed E-state index contributed by atoms with van der Waals surface area (Å²) in [6, 6.07) is 14.1. The first-order chi connectivity index (χ1) is 10.5. The number of primary amides is 1. The number of aromatic amines is 1. The Hall–Kier alpha value is -2.60. The summed E-state index contributed by atoms with van der Waals surface area (Å²) >= 11 is 3.39. The molecule has 1 heterocycles. The molecule has 22 heavy (non-hydrogen) atoms. The maximum absolute atomic E-state index is 12.3. The van der Waals surface area contributed by atoms with Crippen LogP contribution in [0.5, 0.6) is 0 Å². The van der Waals surface area contributed by atoms with Crippen molar-refractivity contribution < 1.29 is 9.59 Å². The number of carbonyl (C=O) groups is 2. The summed E-state index contributed by atoms with van der Waals surface area (Å²) in [5.41, 5.74) is 7.22. The normalized spacial score (nSPS) is 10.6. The van der Waals surface area contributed by atoms with Gasteiger partial charge in [-0.2, -0.15) is 0 Å². The van der Waals surface area contributed by atoms with Crippen molar-refractivity contribution in [3.63, 3.8) is 0 Å². The second kappa shape index (κ2) is 5.65. The number of nitrogens with one attached hydrogen (secondary N) is 2. The molecule has 0 fully saturated rings. The number of nitrogens with two attached hydrogens (primary N) is 1. The van der Waals surface area contributed by atoms with Crippen molar-refractivity contribution in [2.24, 2.45) is 5.73 Å². The van der Waals surface area contributed by atoms with E-state index >= 15 is 0 Å². The number of aromatic nitrogens is 1. The number of fused-ring (bicyclic) bond motifs is 1. The van der Waals surface area contributed by atoms with E-state index in [4.69, 9.17) is 5.73 Å². The molecule has 0 aliphatic rings. The first-order valence-corrected chi connectivity index (χ1v) is 7.32. The fourth-order valence-corrected chi connectivity index (χ4v) is 2.58. The van der Waals surface area contributed by atoms with Gasteiger partial charge in [-0.1, -0.05) is 34.1 Å². The highest BCUT2D eigenvalue weighted by Crippen LogP contribution is 2.21. The van der Waals surface area contributed by atoms with E-state index in [1.54, 1.807) is 30.3 Å². The van der Waals surface area contributed by atoms with Crippen molar-refractivity contribution in [3.05, 3.63) is 64.3 Å². The number of halogens is 1. The number of carbonyl (C=O) groups excluding carboxylic acids is 2. The van der Waals surface area contributed by atoms with Gasteiger partial charge >= 0.3 is 0 Å². The lowest BCUT2D eigenvalue weighted by Gasteiger charge is -2.07. The fourth-order valence-electron chi connectivity index (χ4n) is 2.22. The third kappa shape index (κ3) is 2.73. The molecule has 0 unspecified atom stereocenters. The fraction of sp³-hybridized carbons (Fsp3) is 0. The Morgan fingerprint density at radius 2 is 1.86 bits per heavy atom. The highest BCUT2D eigenvalue weighted by molar-refractivity contribution is 9.10. The van der Waals surface area contributed by atoms with Gasteiger partial charge in [0.1, 0.15) is 5.69 Å². The number of para-hydroxylation sites is 1. The van der Waals surface area contributed by atoms with E-state index in [0.717, 1.165) is 15.4 Å². The largest absolute Gasteiger partial charge is 0.366 e. The predicted molar refractivity (Wildman–Crippen MR) is 88.9 cm³/mol. The van der Waals surface area contributed by atoms with Crippen LogP contribution in [0, 0.1) is 0 Å². The van der Waals surface area contributed by atoms with Crippen molar-refractivity contribution in [1.29, 1.82) is 0 Å². The van der Waals surface area contributed by atoms with Crippen LogP contribution in [-0.2, 0) is 0 Å². The molecule has 0 atom stereocenters. The molecule has 3 rings (SSSR count). The van der Waals surface area contributed by atoms with E-state index in [1.807, 2.05) is 18.2 Å². The van der Waals surface area contributed by atoms with Crippen LogP contribution in [0.3, 0.4) is 0 Å². The minimum atomic E-state index is -0.587. The Bertz CT molecular complexity index is 886. The topological polar surface area (TPSA) is 88.0 Å². The summed E-state index contributed by atoms with van der Waals surface area (Å²) in [7, 11) is 0. The summed E-state index contributed by atoms with van der Waals surface area (Å²) in [5.74, 6) is -0.919. The number of benzene rings is 2. The van der Waals surface area contributed by atoms with Crippen LogP contribution < -0.4 is 11.1 Å². The average molecular weight is 358 g/mol. The molecule has 3 aromatic rings. The SMILES string of the molecule is NC(=O)c1ccccc1NC(=O)c1cc2ccc(Br)cc2[nH]1. The Kier molecular flexibility index (Phi) is 3.68. The molecular formula is C16H12BrN3O2. The Labute approximate surface area is 134 Å². The summed E-state index contributed by atoms with van der Waals surface area (Å²) in [6.45, 7) is 0. The number of H-pyrrole nitrogens is 1. The maximum atomic E-state index is 12.3. The van der Waals surface area contributed by atoms with Crippen LogP contribution in [-0.4, -0.2) is 16.8 Å². The van der Waals surface area contributed by atoms with Gasteiger partial charge in [-0.05, 0) is 30.3 Å². The van der Waals surface area contributed by atoms with E-state index in [0.29, 0.717) is 11.4 Å². The number of rotatable bonds is 3. The monoisotopic (exact) mass is 357 g/mol. The highest BCUT2D eigenvalue weighted by atomic mass is 79.9. The number of amides is 2. The van der Waals surface area contributed by atoms with Gasteiger partial charge < -0.3 is 16.0 Å². The smallest absolute Gasteiger partial charge is 0.272 e. The summed E-state index contributed by atoms with van der Waals surface area (Å²) < 4.78 is 0.924. The van der Waals surface area contributed by atoms with Gasteiger partial charge in [0.05, 0.1) is 11.3 Å². The molecule has 2 amide bonds. The number of hydrogen-bond acceptors (Lipinski definition) is 2. The average Bonchev–Trinajstić information content (AvgIpc) is 2.90. The lowest BCUT2D eigenvalue weighted by atomic mass is 10.1. The van der Waals surface area contributed by atoms with Gasteiger partial charge in [0.15, 0.2) is 0 Å². The predicted octanol–water partition coefficient (Wildman–Crippen LogP) is 3.28. The zero-order chi connectivity index (χ0) is 15.7. The van der Waals surface area contributed by atoms with E-state index in [9.17, 15) is 9.59 Å². The zero-order valence-corrected chi connectivity index (χ0v) is 13.0. The molecule has 0 aliphatic carbocycles. The minimum Gasteiger partial charge on any atom is -0.366 e. The zero-order valence-electron chi connectivity index (χ0n) is 11.4. The van der Waals surface area contributed by atoms with E-state index in [2.05, 4.69) is 26.2 Å². The molecule has 1 aromatic heterocycles. The summed E-state index contributed by atoms with van der Waals surface area (Å²) in [6.07, 6.45) is 0. The molecule has 0 radical (unpaired) electrons.